The summed E-state index contributed by atoms with van der Waals surface area (Å²) >= 11 is 3.20. The molecule has 2 atom stereocenters. The molecule has 6 N–H and O–H groups in total. The molecule has 2 amide bonds. The number of nitrogens with zero attached hydrogens (tertiary/aromatic N) is 5. The van der Waals surface area contributed by atoms with E-state index in [1.54, 1.807) is 0 Å². The lowest BCUT2D eigenvalue weighted by Crippen LogP contribution is -2.70. The molecule has 0 unspecified atom stereocenters. The van der Waals surface area contributed by atoms with Crippen LogP contribution in [0.2, 0.25) is 0 Å². The number of ether oxygens (including phenoxy) is 1. The van der Waals surface area contributed by atoms with Gasteiger partial charge in [-0.15, -0.1) is 23.1 Å². The molecule has 224 valence electrons. The van der Waals surface area contributed by atoms with Gasteiger partial charge in [0.15, 0.2) is 16.0 Å². The maximum Gasteiger partial charge on any atom is 0.512 e. The number of nitrogens with one attached hydrogen (secondary N) is 2. The number of hydrogen-bond acceptors (Lipinski definition) is 15. The van der Waals surface area contributed by atoms with Gasteiger partial charge in [-0.1, -0.05) is 16.9 Å². The Morgan fingerprint density at radius 3 is 2.62 bits per heavy atom. The van der Waals surface area contributed by atoms with Gasteiger partial charge < -0.3 is 30.8 Å². The number of thioether (sulfide) groups is 2. The fourth-order valence-corrected chi connectivity index (χ4v) is 6.38. The van der Waals surface area contributed by atoms with Gasteiger partial charge in [0.25, 0.3) is 11.8 Å². The van der Waals surface area contributed by atoms with Crippen molar-refractivity contribution in [2.24, 2.45) is 12.2 Å². The fraction of sp³-hybridized carbons (Fsp3) is 0.381. The largest absolute Gasteiger partial charge is 0.512 e. The first-order chi connectivity index (χ1) is 19.7. The van der Waals surface area contributed by atoms with Gasteiger partial charge >= 0.3 is 23.2 Å². The average Bonchev–Trinajstić information content (AvgIpc) is 3.34. The van der Waals surface area contributed by atoms with E-state index in [1.807, 2.05) is 0 Å². The highest BCUT2D eigenvalue weighted by Gasteiger charge is 2.54. The van der Waals surface area contributed by atoms with Crippen molar-refractivity contribution < 1.29 is 39.0 Å². The zero-order chi connectivity index (χ0) is 30.9. The first-order valence-corrected chi connectivity index (χ1v) is 14.5. The quantitative estimate of drug-likeness (QED) is 0.0530. The second-order valence-electron chi connectivity index (χ2n) is 9.04. The van der Waals surface area contributed by atoms with Gasteiger partial charge in [-0.05, 0) is 13.8 Å². The number of anilines is 1. The Kier molecular flexibility index (Phi) is 8.63. The van der Waals surface area contributed by atoms with Crippen LogP contribution < -0.4 is 22.2 Å². The van der Waals surface area contributed by atoms with E-state index in [2.05, 4.69) is 25.5 Å². The molecular formula is C21H22N8O10S3. The number of aromatic nitrogens is 4. The number of nitrogen functional groups attached to an aromatic ring is 1. The number of rotatable bonds is 10. The molecule has 2 aromatic rings. The molecule has 0 aromatic carbocycles. The number of carbonyl (C=O) groups excluding carboxylic acids is 2. The number of aryl methyl sites for hydroxylation is 1. The van der Waals surface area contributed by atoms with Gasteiger partial charge in [0.1, 0.15) is 17.1 Å². The minimum atomic E-state index is -1.80. The number of carboxylic acids is 1. The van der Waals surface area contributed by atoms with E-state index < -0.39 is 57.8 Å². The maximum absolute atomic E-state index is 13.2. The summed E-state index contributed by atoms with van der Waals surface area (Å²) in [6, 6.07) is -1.14. The molecule has 2 aliphatic heterocycles. The number of carboxylic acid groups (broad SMARTS) is 2. The molecule has 2 aliphatic rings. The third-order valence-electron chi connectivity index (χ3n) is 5.65. The van der Waals surface area contributed by atoms with Crippen molar-refractivity contribution in [3.05, 3.63) is 43.2 Å². The Morgan fingerprint density at radius 1 is 1.29 bits per heavy atom. The summed E-state index contributed by atoms with van der Waals surface area (Å²) < 4.78 is 6.16. The standard InChI is InChI=1S/C21H22N8O10S3/c1-21(2,17(34)35)39-27-9(8-6-41-18(22)23-8)11(30)24-10-14(33)29-15(38-20(36)37)7(4-40-16(10)29)5-42-19-25-12(31)13(32)26-28(19)3/h6,10,16H,4-5H2,1-3H3,(H2,22,23)(H,24,30)(H,26,32)(H,34,35)(H,36,37)/b27-9-/t10-,16-/m1/s1. The van der Waals surface area contributed by atoms with Gasteiger partial charge in [0.2, 0.25) is 11.5 Å². The summed E-state index contributed by atoms with van der Waals surface area (Å²) in [5.74, 6) is -3.00. The number of amides is 2. The van der Waals surface area contributed by atoms with Gasteiger partial charge in [-0.3, -0.25) is 33.9 Å². The lowest BCUT2D eigenvalue weighted by molar-refractivity contribution is -0.161. The van der Waals surface area contributed by atoms with Crippen molar-refractivity contribution in [2.75, 3.05) is 17.2 Å². The lowest BCUT2D eigenvalue weighted by atomic mass is 10.1. The molecule has 0 spiro atoms. The summed E-state index contributed by atoms with van der Waals surface area (Å²) in [5.41, 5.74) is 1.89. The Morgan fingerprint density at radius 2 is 2.00 bits per heavy atom. The number of oxime groups is 1. The van der Waals surface area contributed by atoms with Crippen LogP contribution in [-0.4, -0.2) is 93.0 Å². The topological polar surface area (TPSA) is 261 Å². The number of aromatic amines is 1. The van der Waals surface area contributed by atoms with Crippen LogP contribution in [-0.2, 0) is 31.0 Å². The van der Waals surface area contributed by atoms with Crippen LogP contribution in [0.5, 0.6) is 0 Å². The summed E-state index contributed by atoms with van der Waals surface area (Å²) in [6.45, 7) is 2.43. The summed E-state index contributed by atoms with van der Waals surface area (Å²) in [6.07, 6.45) is -1.68. The van der Waals surface area contributed by atoms with Crippen LogP contribution in [0, 0.1) is 0 Å². The highest BCUT2D eigenvalue weighted by atomic mass is 32.2. The van der Waals surface area contributed by atoms with E-state index in [0.29, 0.717) is 5.57 Å². The molecule has 2 aromatic heterocycles. The first-order valence-electron chi connectivity index (χ1n) is 11.6. The third kappa shape index (κ3) is 6.26. The molecule has 0 bridgehead atoms. The fourth-order valence-electron chi connectivity index (χ4n) is 3.46. The molecule has 4 rings (SSSR count). The molecule has 1 saturated heterocycles. The molecule has 21 heteroatoms. The number of fused-ring (bicyclic) bond motifs is 1. The maximum atomic E-state index is 13.2. The molecule has 0 radical (unpaired) electrons. The van der Waals surface area contributed by atoms with Crippen molar-refractivity contribution in [3.63, 3.8) is 0 Å². The van der Waals surface area contributed by atoms with Crippen LogP contribution in [0.3, 0.4) is 0 Å². The van der Waals surface area contributed by atoms with Crippen LogP contribution >= 0.6 is 34.9 Å². The molecule has 18 nitrogen and oxygen atoms in total. The molecule has 0 saturated carbocycles. The van der Waals surface area contributed by atoms with Gasteiger partial charge in [-0.2, -0.15) is 4.98 Å². The molecule has 1 fully saturated rings. The van der Waals surface area contributed by atoms with Crippen molar-refractivity contribution in [3.8, 4) is 0 Å². The van der Waals surface area contributed by atoms with Gasteiger partial charge in [-0.25, -0.2) is 14.6 Å². The predicted octanol–water partition coefficient (Wildman–Crippen LogP) is -0.810. The number of thiazole rings is 1. The van der Waals surface area contributed by atoms with E-state index in [0.717, 1.165) is 28.0 Å². The Hall–Kier alpha value is -4.37. The zero-order valence-corrected chi connectivity index (χ0v) is 24.3. The minimum Gasteiger partial charge on any atom is -0.478 e. The van der Waals surface area contributed by atoms with E-state index >= 15 is 0 Å². The van der Waals surface area contributed by atoms with Crippen molar-refractivity contribution >= 4 is 69.6 Å². The smallest absolute Gasteiger partial charge is 0.478 e. The van der Waals surface area contributed by atoms with Crippen molar-refractivity contribution in [2.45, 2.75) is 36.0 Å². The van der Waals surface area contributed by atoms with E-state index in [-0.39, 0.29) is 33.4 Å². The number of H-pyrrole nitrogens is 1. The number of carbonyl (C=O) groups is 4. The molecule has 42 heavy (non-hydrogen) atoms. The van der Waals surface area contributed by atoms with Crippen LogP contribution in [0.1, 0.15) is 19.5 Å². The highest BCUT2D eigenvalue weighted by Crippen LogP contribution is 2.41. The number of nitrogens with two attached hydrogens (primary N) is 1. The number of β-lactam (4-membered cyclic amide) rings is 1. The van der Waals surface area contributed by atoms with Crippen LogP contribution in [0.25, 0.3) is 0 Å². The summed E-state index contributed by atoms with van der Waals surface area (Å²) in [5, 5.41) is 28.0. The normalized spacial score (nSPS) is 18.7. The van der Waals surface area contributed by atoms with Crippen LogP contribution in [0.15, 0.2) is 36.7 Å². The Bertz CT molecular complexity index is 1640. The highest BCUT2D eigenvalue weighted by molar-refractivity contribution is 8.01. The molecule has 4 heterocycles. The van der Waals surface area contributed by atoms with Crippen molar-refractivity contribution in [1.29, 1.82) is 0 Å². The van der Waals surface area contributed by atoms with E-state index in [4.69, 9.17) is 15.3 Å². The summed E-state index contributed by atoms with van der Waals surface area (Å²) in [7, 11) is 1.46. The molecule has 0 aliphatic carbocycles. The Labute approximate surface area is 246 Å². The third-order valence-corrected chi connectivity index (χ3v) is 8.78. The molecular weight excluding hydrogens is 620 g/mol. The first kappa shape index (κ1) is 30.6. The Balaban J connectivity index is 1.55. The van der Waals surface area contributed by atoms with Gasteiger partial charge in [0, 0.05) is 29.5 Å². The van der Waals surface area contributed by atoms with Gasteiger partial charge in [0.05, 0.1) is 0 Å². The lowest BCUT2D eigenvalue weighted by Gasteiger charge is -2.49. The predicted molar refractivity (Wildman–Crippen MR) is 148 cm³/mol. The summed E-state index contributed by atoms with van der Waals surface area (Å²) in [4.78, 5) is 86.1. The average molecular weight is 643 g/mol. The minimum absolute atomic E-state index is 0.0181. The van der Waals surface area contributed by atoms with Crippen LogP contribution in [0.4, 0.5) is 9.93 Å². The zero-order valence-electron chi connectivity index (χ0n) is 21.8. The second kappa shape index (κ2) is 11.9. The number of hydrogen-bond donors (Lipinski definition) is 5. The SMILES string of the molecule is Cn1[nH]c(=O)c(=O)nc1SCC1=C(OC(=O)O)N2C(=O)[C@@H](NC(=O)/C(=N\OC(C)(C)C(=O)O)c3csc(N)n3)[C@H]2SC1. The monoisotopic (exact) mass is 642 g/mol. The number of aliphatic carboxylic acids is 1. The van der Waals surface area contributed by atoms with Crippen molar-refractivity contribution in [1.82, 2.24) is 30.0 Å². The van der Waals surface area contributed by atoms with E-state index in [9.17, 15) is 39.0 Å². The second-order valence-corrected chi connectivity index (χ2v) is 12.0. The van der Waals surface area contributed by atoms with E-state index in [1.165, 1.54) is 42.7 Å².